The maximum atomic E-state index is 5.69. The number of fused-ring (bicyclic) bond motifs is 2. The minimum absolute atomic E-state index is 0.204. The predicted molar refractivity (Wildman–Crippen MR) is 140 cm³/mol. The Morgan fingerprint density at radius 2 is 1.94 bits per heavy atom. The zero-order chi connectivity index (χ0) is 24.8. The summed E-state index contributed by atoms with van der Waals surface area (Å²) in [4.78, 5) is 16.3. The van der Waals surface area contributed by atoms with Crippen LogP contribution in [0.3, 0.4) is 0 Å². The second kappa shape index (κ2) is 8.76. The molecule has 11 heteroatoms. The molecule has 0 aliphatic carbocycles. The van der Waals surface area contributed by atoms with Crippen LogP contribution in [0.4, 0.5) is 23.1 Å². The highest BCUT2D eigenvalue weighted by atomic mass is 16.5. The van der Waals surface area contributed by atoms with Gasteiger partial charge in [-0.25, -0.2) is 19.5 Å². The maximum absolute atomic E-state index is 5.69. The van der Waals surface area contributed by atoms with Crippen LogP contribution in [-0.4, -0.2) is 67.2 Å². The summed E-state index contributed by atoms with van der Waals surface area (Å²) in [6.07, 6.45) is 5.85. The van der Waals surface area contributed by atoms with Gasteiger partial charge in [-0.2, -0.15) is 5.10 Å². The molecule has 0 amide bonds. The van der Waals surface area contributed by atoms with E-state index in [1.54, 1.807) is 0 Å². The van der Waals surface area contributed by atoms with E-state index in [2.05, 4.69) is 43.6 Å². The lowest BCUT2D eigenvalue weighted by atomic mass is 10.1. The molecule has 1 aliphatic heterocycles. The number of hydrogen-bond donors (Lipinski definition) is 2. The van der Waals surface area contributed by atoms with Crippen LogP contribution in [0.25, 0.3) is 27.8 Å². The highest BCUT2D eigenvalue weighted by Gasteiger charge is 2.19. The fourth-order valence-electron chi connectivity index (χ4n) is 4.56. The molecule has 1 aliphatic rings. The molecule has 0 spiro atoms. The van der Waals surface area contributed by atoms with E-state index in [-0.39, 0.29) is 6.10 Å². The van der Waals surface area contributed by atoms with Crippen molar-refractivity contribution in [3.8, 4) is 11.4 Å². The number of pyridine rings is 3. The van der Waals surface area contributed by atoms with E-state index in [0.29, 0.717) is 11.6 Å². The first-order valence-electron chi connectivity index (χ1n) is 12.0. The molecule has 5 aromatic heterocycles. The zero-order valence-electron chi connectivity index (χ0n) is 20.7. The number of nitrogens with one attached hydrogen (secondary N) is 2. The van der Waals surface area contributed by atoms with Crippen LogP contribution >= 0.6 is 0 Å². The van der Waals surface area contributed by atoms with Crippen molar-refractivity contribution in [2.75, 3.05) is 42.3 Å². The minimum Gasteiger partial charge on any atom is -0.375 e. The molecule has 0 radical (unpaired) electrons. The summed E-state index contributed by atoms with van der Waals surface area (Å²) >= 11 is 0. The van der Waals surface area contributed by atoms with Crippen LogP contribution in [0.2, 0.25) is 0 Å². The van der Waals surface area contributed by atoms with E-state index >= 15 is 0 Å². The van der Waals surface area contributed by atoms with E-state index in [0.717, 1.165) is 64.7 Å². The maximum Gasteiger partial charge on any atom is 0.184 e. The molecule has 184 valence electrons. The number of ether oxygens (including phenoxy) is 1. The molecule has 36 heavy (non-hydrogen) atoms. The molecule has 2 N–H and O–H groups in total. The summed E-state index contributed by atoms with van der Waals surface area (Å²) in [5, 5.41) is 17.6. The molecule has 1 atom stereocenters. The van der Waals surface area contributed by atoms with Crippen molar-refractivity contribution in [2.45, 2.75) is 20.0 Å². The van der Waals surface area contributed by atoms with E-state index in [9.17, 15) is 0 Å². The molecule has 0 saturated carbocycles. The SMILES string of the molecule is CNc1ncc(-c2nc3ccc(N4CCO[C@@H](C)C4)cn3n2)c2cc(Nc3cc(C)n(C)n3)ncc12. The van der Waals surface area contributed by atoms with Gasteiger partial charge >= 0.3 is 0 Å². The average Bonchev–Trinajstić information content (AvgIpc) is 3.44. The van der Waals surface area contributed by atoms with Crippen LogP contribution in [0.15, 0.2) is 42.9 Å². The molecule has 1 fully saturated rings. The summed E-state index contributed by atoms with van der Waals surface area (Å²) in [5.74, 6) is 2.77. The van der Waals surface area contributed by atoms with E-state index in [1.807, 2.05) is 67.0 Å². The number of nitrogens with zero attached hydrogens (tertiary/aromatic N) is 8. The lowest BCUT2D eigenvalue weighted by molar-refractivity contribution is 0.0532. The molecule has 1 saturated heterocycles. The Kier molecular flexibility index (Phi) is 5.41. The summed E-state index contributed by atoms with van der Waals surface area (Å²) in [6.45, 7) is 6.54. The monoisotopic (exact) mass is 484 g/mol. The fraction of sp³-hybridized carbons (Fsp3) is 0.320. The number of morpholine rings is 1. The largest absolute Gasteiger partial charge is 0.375 e. The van der Waals surface area contributed by atoms with Crippen molar-refractivity contribution >= 4 is 39.6 Å². The number of hydrogen-bond acceptors (Lipinski definition) is 9. The van der Waals surface area contributed by atoms with Crippen molar-refractivity contribution in [3.63, 3.8) is 0 Å². The van der Waals surface area contributed by atoms with Gasteiger partial charge in [-0.05, 0) is 32.0 Å². The molecule has 0 aromatic carbocycles. The summed E-state index contributed by atoms with van der Waals surface area (Å²) in [5.41, 5.74) is 3.76. The minimum atomic E-state index is 0.204. The van der Waals surface area contributed by atoms with Crippen LogP contribution in [-0.2, 0) is 11.8 Å². The van der Waals surface area contributed by atoms with Gasteiger partial charge in [-0.1, -0.05) is 0 Å². The Labute approximate surface area is 208 Å². The van der Waals surface area contributed by atoms with Crippen LogP contribution in [0.5, 0.6) is 0 Å². The van der Waals surface area contributed by atoms with E-state index in [4.69, 9.17) is 14.8 Å². The molecule has 6 rings (SSSR count). The van der Waals surface area contributed by atoms with Crippen molar-refractivity contribution in [3.05, 3.63) is 48.5 Å². The number of aromatic nitrogens is 7. The average molecular weight is 485 g/mol. The molecular formula is C25H28N10O. The highest BCUT2D eigenvalue weighted by molar-refractivity contribution is 6.01. The molecule has 11 nitrogen and oxygen atoms in total. The van der Waals surface area contributed by atoms with Gasteiger partial charge in [0.25, 0.3) is 0 Å². The lowest BCUT2D eigenvalue weighted by Gasteiger charge is -2.32. The Hall–Kier alpha value is -4.25. The second-order valence-electron chi connectivity index (χ2n) is 9.06. The normalized spacial score (nSPS) is 16.1. The Morgan fingerprint density at radius 1 is 1.06 bits per heavy atom. The molecule has 6 heterocycles. The summed E-state index contributed by atoms with van der Waals surface area (Å²) in [6, 6.07) is 8.06. The molecule has 5 aromatic rings. The third-order valence-corrected chi connectivity index (χ3v) is 6.54. The van der Waals surface area contributed by atoms with E-state index in [1.165, 1.54) is 0 Å². The van der Waals surface area contributed by atoms with Gasteiger partial charge in [-0.15, -0.1) is 5.10 Å². The Bertz CT molecular complexity index is 1550. The van der Waals surface area contributed by atoms with Gasteiger partial charge in [0.15, 0.2) is 17.3 Å². The number of aryl methyl sites for hydroxylation is 2. The molecule has 0 unspecified atom stereocenters. The van der Waals surface area contributed by atoms with Gasteiger partial charge in [0, 0.05) is 67.7 Å². The van der Waals surface area contributed by atoms with Crippen LogP contribution in [0.1, 0.15) is 12.6 Å². The zero-order valence-corrected chi connectivity index (χ0v) is 20.7. The number of rotatable bonds is 5. The first kappa shape index (κ1) is 22.2. The first-order chi connectivity index (χ1) is 17.5. The second-order valence-corrected chi connectivity index (χ2v) is 9.06. The van der Waals surface area contributed by atoms with Crippen LogP contribution in [0, 0.1) is 6.92 Å². The summed E-state index contributed by atoms with van der Waals surface area (Å²) < 4.78 is 9.35. The quantitative estimate of drug-likeness (QED) is 0.388. The van der Waals surface area contributed by atoms with Crippen molar-refractivity contribution in [2.24, 2.45) is 7.05 Å². The van der Waals surface area contributed by atoms with Gasteiger partial charge < -0.3 is 20.3 Å². The van der Waals surface area contributed by atoms with Gasteiger partial charge in [0.05, 0.1) is 24.6 Å². The molecule has 0 bridgehead atoms. The Morgan fingerprint density at radius 3 is 2.72 bits per heavy atom. The molecular weight excluding hydrogens is 456 g/mol. The predicted octanol–water partition coefficient (Wildman–Crippen LogP) is 3.39. The van der Waals surface area contributed by atoms with Gasteiger partial charge in [-0.3, -0.25) is 4.68 Å². The fourth-order valence-corrected chi connectivity index (χ4v) is 4.56. The standard InChI is InChI=1S/C25H28N10O/c1-15-9-22(31-33(15)4)29-21-10-18-19(11-27-21)24(26-3)28-12-20(18)25-30-23-6-5-17(14-35(23)32-25)34-7-8-36-16(2)13-34/h5-6,9-12,14,16H,7-8,13H2,1-4H3,(H,26,28)(H,27,29,31)/t16-/m0/s1. The van der Waals surface area contributed by atoms with Crippen LogP contribution < -0.4 is 15.5 Å². The Balaban J connectivity index is 1.41. The third-order valence-electron chi connectivity index (χ3n) is 6.54. The van der Waals surface area contributed by atoms with Crippen molar-refractivity contribution in [1.82, 2.24) is 34.3 Å². The first-order valence-corrected chi connectivity index (χ1v) is 12.0. The topological polar surface area (TPSA) is 110 Å². The number of anilines is 4. The third kappa shape index (κ3) is 3.97. The van der Waals surface area contributed by atoms with Crippen molar-refractivity contribution in [1.29, 1.82) is 0 Å². The van der Waals surface area contributed by atoms with E-state index < -0.39 is 0 Å². The highest BCUT2D eigenvalue weighted by Crippen LogP contribution is 2.32. The van der Waals surface area contributed by atoms with Crippen molar-refractivity contribution < 1.29 is 4.74 Å². The smallest absolute Gasteiger partial charge is 0.184 e. The van der Waals surface area contributed by atoms with Gasteiger partial charge in [0.1, 0.15) is 11.6 Å². The summed E-state index contributed by atoms with van der Waals surface area (Å²) in [7, 11) is 3.76. The van der Waals surface area contributed by atoms with Gasteiger partial charge in [0.2, 0.25) is 0 Å². The lowest BCUT2D eigenvalue weighted by Crippen LogP contribution is -2.41.